The molecular formula is C58H93N9O14. The van der Waals surface area contributed by atoms with Crippen LogP contribution in [0.1, 0.15) is 127 Å². The summed E-state index contributed by atoms with van der Waals surface area (Å²) in [6.45, 7) is 19.9. The highest BCUT2D eigenvalue weighted by atomic mass is 16.6. The second kappa shape index (κ2) is 30.9. The van der Waals surface area contributed by atoms with Crippen molar-refractivity contribution in [2.45, 2.75) is 182 Å². The van der Waals surface area contributed by atoms with Crippen molar-refractivity contribution in [2.75, 3.05) is 48.4 Å². The van der Waals surface area contributed by atoms with Crippen molar-refractivity contribution in [1.29, 1.82) is 0 Å². The number of hydrogen-bond acceptors (Lipinski definition) is 13. The number of nitrogens with one attached hydrogen (secondary N) is 4. The van der Waals surface area contributed by atoms with E-state index in [1.165, 1.54) is 45.1 Å². The maximum atomic E-state index is 14.9. The summed E-state index contributed by atoms with van der Waals surface area (Å²) >= 11 is 0. The first-order valence-corrected chi connectivity index (χ1v) is 28.5. The third kappa shape index (κ3) is 17.6. The third-order valence-electron chi connectivity index (χ3n) is 15.9. The van der Waals surface area contributed by atoms with Crippen LogP contribution in [0.4, 0.5) is 0 Å². The SMILES string of the molecule is CC[C@H](C)[C@@H]1NC(=O)[C@H]([C@@H](C)CC)N(C)C(=O)[C@H](CC(=O)O)N(C)C(=O)[C@H](C(C)C)NC(=O)[C@H](C(C)C)N(C)C(=O)[C@@H]2CCCCN2C(=O)[C@@H](C(C)C)OC(=O)[C@H](Cc2ccc(OC)cc2)NC(=O)[C@H](C(C)C)N(C)C(=O)CNC1=O. The molecule has 0 saturated carbocycles. The highest BCUT2D eigenvalue weighted by molar-refractivity contribution is 5.99. The fourth-order valence-corrected chi connectivity index (χ4v) is 10.6. The van der Waals surface area contributed by atoms with Gasteiger partial charge in [0.2, 0.25) is 47.3 Å². The Morgan fingerprint density at radius 1 is 0.617 bits per heavy atom. The largest absolute Gasteiger partial charge is 0.497 e. The molecule has 0 aliphatic carbocycles. The van der Waals surface area contributed by atoms with Crippen molar-refractivity contribution < 1.29 is 67.3 Å². The quantitative estimate of drug-likeness (QED) is 0.178. The predicted octanol–water partition coefficient (Wildman–Crippen LogP) is 2.61. The molecule has 0 radical (unpaired) electrons. The second-order valence-electron chi connectivity index (χ2n) is 23.3. The predicted molar refractivity (Wildman–Crippen MR) is 301 cm³/mol. The number of hydrogen-bond donors (Lipinski definition) is 5. The number of methoxy groups -OCH3 is 1. The van der Waals surface area contributed by atoms with E-state index < -0.39 is 168 Å². The van der Waals surface area contributed by atoms with Gasteiger partial charge in [-0.25, -0.2) is 4.79 Å². The van der Waals surface area contributed by atoms with Gasteiger partial charge in [-0.15, -0.1) is 0 Å². The van der Waals surface area contributed by atoms with E-state index in [1.54, 1.807) is 107 Å². The normalized spacial score (nSPS) is 26.5. The molecule has 0 unspecified atom stereocenters. The molecule has 3 rings (SSSR count). The van der Waals surface area contributed by atoms with Crippen molar-refractivity contribution in [3.8, 4) is 5.75 Å². The number of carboxylic acid groups (broad SMARTS) is 1. The zero-order chi connectivity index (χ0) is 61.5. The van der Waals surface area contributed by atoms with Crippen molar-refractivity contribution in [3.05, 3.63) is 29.8 Å². The van der Waals surface area contributed by atoms with Gasteiger partial charge in [-0.3, -0.25) is 47.9 Å². The topological polar surface area (TPSA) is 291 Å². The number of amides is 9. The lowest BCUT2D eigenvalue weighted by Crippen LogP contribution is -2.63. The second-order valence-corrected chi connectivity index (χ2v) is 23.3. The van der Waals surface area contributed by atoms with Crippen LogP contribution >= 0.6 is 0 Å². The standard InChI is InChI=1S/C58H93N9O14/c1-18-35(11)45-50(71)59-30-42(68)64(14)46(32(5)6)51(72)60-39(28-37-23-25-38(80-17)26-24-37)58(79)81-49(34(9)10)57(78)67-27-21-20-22-40(67)54(75)65(15)47(33(7)8)52(73)61-44(31(3)4)56(77)63(13)41(29-43(69)70)55(76)66(16)48(36(12)19-2)53(74)62-45/h23-26,31-36,39-41,44-49H,18-22,27-30H2,1-17H3,(H,59,71)(H,60,72)(H,61,73)(H,62,74)(H,69,70)/t35-,36-,39-,40-,41-,44-,45-,46-,47-,48-,49+/m0/s1. The number of carbonyl (C=O) groups excluding carboxylic acids is 10. The minimum atomic E-state index is -1.69. The molecule has 2 heterocycles. The summed E-state index contributed by atoms with van der Waals surface area (Å²) in [4.78, 5) is 164. The van der Waals surface area contributed by atoms with Gasteiger partial charge in [-0.2, -0.15) is 0 Å². The number of rotatable bonds is 13. The summed E-state index contributed by atoms with van der Waals surface area (Å²) in [5, 5.41) is 21.1. The maximum absolute atomic E-state index is 14.9. The molecule has 0 bridgehead atoms. The minimum absolute atomic E-state index is 0.105. The fraction of sp³-hybridized carbons (Fsp3) is 0.707. The molecule has 0 aromatic heterocycles. The summed E-state index contributed by atoms with van der Waals surface area (Å²) in [6, 6.07) is -3.85. The first-order chi connectivity index (χ1) is 37.9. The number of ether oxygens (including phenoxy) is 2. The van der Waals surface area contributed by atoms with E-state index in [4.69, 9.17) is 9.47 Å². The zero-order valence-corrected chi connectivity index (χ0v) is 50.8. The van der Waals surface area contributed by atoms with E-state index in [0.717, 1.165) is 14.7 Å². The molecule has 2 aliphatic heterocycles. The van der Waals surface area contributed by atoms with Crippen molar-refractivity contribution in [1.82, 2.24) is 45.8 Å². The number of benzene rings is 1. The van der Waals surface area contributed by atoms with Crippen molar-refractivity contribution in [2.24, 2.45) is 35.5 Å². The Kier molecular flexibility index (Phi) is 26.1. The van der Waals surface area contributed by atoms with Gasteiger partial charge in [-0.1, -0.05) is 108 Å². The lowest BCUT2D eigenvalue weighted by atomic mass is 9.93. The number of nitrogens with zero attached hydrogens (tertiary/aromatic N) is 5. The average molecular weight is 1140 g/mol. The number of aliphatic carboxylic acids is 1. The number of cyclic esters (lactones) is 1. The first-order valence-electron chi connectivity index (χ1n) is 28.5. The van der Waals surface area contributed by atoms with Crippen LogP contribution < -0.4 is 26.0 Å². The van der Waals surface area contributed by atoms with E-state index in [1.807, 2.05) is 0 Å². The molecule has 23 nitrogen and oxygen atoms in total. The van der Waals surface area contributed by atoms with Gasteiger partial charge < -0.3 is 60.3 Å². The minimum Gasteiger partial charge on any atom is -0.497 e. The van der Waals surface area contributed by atoms with Crippen LogP contribution in [0.15, 0.2) is 24.3 Å². The number of likely N-dealkylation sites (N-methyl/N-ethyl adjacent to an activating group) is 4. The summed E-state index contributed by atoms with van der Waals surface area (Å²) < 4.78 is 11.4. The van der Waals surface area contributed by atoms with Gasteiger partial charge in [0, 0.05) is 41.2 Å². The molecule has 1 aromatic carbocycles. The summed E-state index contributed by atoms with van der Waals surface area (Å²) in [5.41, 5.74) is 0.583. The van der Waals surface area contributed by atoms with Gasteiger partial charge in [0.05, 0.1) is 20.1 Å². The number of fused-ring (bicyclic) bond motifs is 1. The molecule has 23 heteroatoms. The maximum Gasteiger partial charge on any atom is 0.329 e. The molecule has 1 aromatic rings. The highest BCUT2D eigenvalue weighted by Crippen LogP contribution is 2.27. The summed E-state index contributed by atoms with van der Waals surface area (Å²) in [6.07, 6.45) is -0.500. The van der Waals surface area contributed by atoms with Crippen LogP contribution in [0.3, 0.4) is 0 Å². The van der Waals surface area contributed by atoms with Crippen molar-refractivity contribution in [3.63, 3.8) is 0 Å². The van der Waals surface area contributed by atoms with Gasteiger partial charge in [-0.05, 0) is 72.5 Å². The Morgan fingerprint density at radius 2 is 1.15 bits per heavy atom. The lowest BCUT2D eigenvalue weighted by molar-refractivity contribution is -0.169. The van der Waals surface area contributed by atoms with Crippen LogP contribution in [0, 0.1) is 35.5 Å². The van der Waals surface area contributed by atoms with Crippen LogP contribution in [0.2, 0.25) is 0 Å². The molecule has 9 amide bonds. The van der Waals surface area contributed by atoms with Crippen LogP contribution in [-0.4, -0.2) is 198 Å². The Balaban J connectivity index is 2.29. The number of carbonyl (C=O) groups is 11. The van der Waals surface area contributed by atoms with Crippen LogP contribution in [0.25, 0.3) is 0 Å². The van der Waals surface area contributed by atoms with Crippen molar-refractivity contribution >= 4 is 65.1 Å². The molecule has 5 N–H and O–H groups in total. The summed E-state index contributed by atoms with van der Waals surface area (Å²) in [5.74, 6) is -12.1. The van der Waals surface area contributed by atoms with Gasteiger partial charge in [0.25, 0.3) is 5.91 Å². The monoisotopic (exact) mass is 1140 g/mol. The van der Waals surface area contributed by atoms with E-state index in [9.17, 15) is 57.8 Å². The smallest absolute Gasteiger partial charge is 0.329 e. The molecule has 11 atom stereocenters. The Labute approximate surface area is 478 Å². The zero-order valence-electron chi connectivity index (χ0n) is 50.8. The number of esters is 1. The lowest BCUT2D eigenvalue weighted by Gasteiger charge is -2.41. The Morgan fingerprint density at radius 3 is 1.67 bits per heavy atom. The van der Waals surface area contributed by atoms with E-state index in [0.29, 0.717) is 37.0 Å². The van der Waals surface area contributed by atoms with Crippen LogP contribution in [-0.2, 0) is 63.9 Å². The molecule has 2 fully saturated rings. The molecule has 0 spiro atoms. The fourth-order valence-electron chi connectivity index (χ4n) is 10.6. The van der Waals surface area contributed by atoms with Gasteiger partial charge >= 0.3 is 11.9 Å². The molecule has 81 heavy (non-hydrogen) atoms. The van der Waals surface area contributed by atoms with E-state index >= 15 is 0 Å². The molecule has 2 aliphatic rings. The summed E-state index contributed by atoms with van der Waals surface area (Å²) in [7, 11) is 6.83. The molecular weight excluding hydrogens is 1050 g/mol. The Bertz CT molecular complexity index is 2400. The third-order valence-corrected chi connectivity index (χ3v) is 15.9. The number of carboxylic acids is 1. The highest BCUT2D eigenvalue weighted by Gasteiger charge is 2.46. The average Bonchev–Trinajstić information content (AvgIpc) is 3.42. The molecule has 2 saturated heterocycles. The van der Waals surface area contributed by atoms with E-state index in [2.05, 4.69) is 21.3 Å². The van der Waals surface area contributed by atoms with Gasteiger partial charge in [0.15, 0.2) is 6.10 Å². The number of piperidine rings is 1. The van der Waals surface area contributed by atoms with Crippen LogP contribution in [0.5, 0.6) is 5.75 Å². The Hall–Kier alpha value is -6.81. The van der Waals surface area contributed by atoms with E-state index in [-0.39, 0.29) is 19.4 Å². The van der Waals surface area contributed by atoms with Gasteiger partial charge in [0.1, 0.15) is 54.1 Å². The first kappa shape index (κ1) is 68.5. The molecule has 454 valence electrons.